The van der Waals surface area contributed by atoms with E-state index in [1.165, 1.54) is 12.8 Å². The molecule has 2 heterocycles. The Morgan fingerprint density at radius 3 is 2.74 bits per heavy atom. The van der Waals surface area contributed by atoms with E-state index in [1.807, 2.05) is 52.9 Å². The van der Waals surface area contributed by atoms with E-state index >= 15 is 0 Å². The van der Waals surface area contributed by atoms with Crippen molar-refractivity contribution in [3.05, 3.63) is 53.6 Å². The first-order valence-electron chi connectivity index (χ1n) is 8.21. The van der Waals surface area contributed by atoms with E-state index in [9.17, 15) is 4.79 Å². The zero-order valence-electron chi connectivity index (χ0n) is 13.2. The molecule has 4 rings (SSSR count). The molecule has 1 saturated carbocycles. The maximum atomic E-state index is 12.5. The van der Waals surface area contributed by atoms with Crippen molar-refractivity contribution >= 4 is 12.0 Å². The van der Waals surface area contributed by atoms with E-state index in [4.69, 9.17) is 0 Å². The topological polar surface area (TPSA) is 51.0 Å². The monoisotopic (exact) mass is 308 g/mol. The van der Waals surface area contributed by atoms with Crippen molar-refractivity contribution in [3.8, 4) is 0 Å². The molecule has 0 bridgehead atoms. The third-order valence-corrected chi connectivity index (χ3v) is 4.55. The molecule has 1 fully saturated rings. The molecule has 0 saturated heterocycles. The molecule has 0 radical (unpaired) electrons. The van der Waals surface area contributed by atoms with Gasteiger partial charge in [-0.1, -0.05) is 30.3 Å². The molecule has 5 heteroatoms. The Bertz CT molecular complexity index is 746. The Hall–Kier alpha value is -2.43. The summed E-state index contributed by atoms with van der Waals surface area (Å²) in [5.74, 6) is 2.45. The van der Waals surface area contributed by atoms with Crippen molar-refractivity contribution in [2.45, 2.75) is 38.3 Å². The number of aromatic nitrogens is 3. The van der Waals surface area contributed by atoms with Crippen LogP contribution < -0.4 is 0 Å². The molecule has 1 aliphatic carbocycles. The van der Waals surface area contributed by atoms with E-state index < -0.39 is 0 Å². The summed E-state index contributed by atoms with van der Waals surface area (Å²) in [6, 6.07) is 9.85. The fourth-order valence-corrected chi connectivity index (χ4v) is 3.02. The zero-order chi connectivity index (χ0) is 15.8. The first-order valence-corrected chi connectivity index (χ1v) is 8.21. The number of rotatable bonds is 3. The van der Waals surface area contributed by atoms with Crippen LogP contribution in [0.25, 0.3) is 6.08 Å². The number of carbonyl (C=O) groups is 1. The van der Waals surface area contributed by atoms with E-state index in [-0.39, 0.29) is 11.9 Å². The molecule has 1 aromatic carbocycles. The molecule has 2 aromatic rings. The van der Waals surface area contributed by atoms with Crippen LogP contribution in [0.15, 0.2) is 36.4 Å². The van der Waals surface area contributed by atoms with Crippen LogP contribution in [0.1, 0.15) is 48.9 Å². The lowest BCUT2D eigenvalue weighted by Crippen LogP contribution is -2.40. The third-order valence-electron chi connectivity index (χ3n) is 4.55. The number of amides is 1. The molecule has 0 N–H and O–H groups in total. The summed E-state index contributed by atoms with van der Waals surface area (Å²) >= 11 is 0. The van der Waals surface area contributed by atoms with Crippen molar-refractivity contribution in [3.63, 3.8) is 0 Å². The summed E-state index contributed by atoms with van der Waals surface area (Å²) in [6.07, 6.45) is 5.91. The number of fused-ring (bicyclic) bond motifs is 1. The number of carbonyl (C=O) groups excluding carboxylic acids is 1. The van der Waals surface area contributed by atoms with Gasteiger partial charge in [-0.25, -0.2) is 9.67 Å². The molecule has 1 aromatic heterocycles. The summed E-state index contributed by atoms with van der Waals surface area (Å²) in [6.45, 7) is 3.44. The van der Waals surface area contributed by atoms with Gasteiger partial charge in [0.2, 0.25) is 5.91 Å². The predicted molar refractivity (Wildman–Crippen MR) is 87.6 cm³/mol. The molecule has 5 nitrogen and oxygen atoms in total. The first-order chi connectivity index (χ1) is 11.2. The van der Waals surface area contributed by atoms with Crippen LogP contribution in [-0.2, 0) is 11.3 Å². The SMILES string of the molecule is C[C@@H]1c2nc(C3CC3)nn2CCN1C(=O)/C=C/c1ccccc1. The summed E-state index contributed by atoms with van der Waals surface area (Å²) in [4.78, 5) is 19.1. The lowest BCUT2D eigenvalue weighted by atomic mass is 10.2. The van der Waals surface area contributed by atoms with Gasteiger partial charge in [-0.05, 0) is 31.4 Å². The maximum absolute atomic E-state index is 12.5. The van der Waals surface area contributed by atoms with Crippen molar-refractivity contribution in [1.29, 1.82) is 0 Å². The Labute approximate surface area is 135 Å². The van der Waals surface area contributed by atoms with Gasteiger partial charge in [0.05, 0.1) is 12.6 Å². The van der Waals surface area contributed by atoms with Crippen LogP contribution in [0.3, 0.4) is 0 Å². The highest BCUT2D eigenvalue weighted by atomic mass is 16.2. The van der Waals surface area contributed by atoms with Crippen LogP contribution in [0, 0.1) is 0 Å². The highest BCUT2D eigenvalue weighted by Gasteiger charge is 2.34. The molecule has 118 valence electrons. The summed E-state index contributed by atoms with van der Waals surface area (Å²) in [5.41, 5.74) is 1.03. The minimum Gasteiger partial charge on any atom is -0.327 e. The van der Waals surface area contributed by atoms with Crippen LogP contribution in [-0.4, -0.2) is 32.1 Å². The van der Waals surface area contributed by atoms with E-state index in [1.54, 1.807) is 6.08 Å². The van der Waals surface area contributed by atoms with Crippen LogP contribution in [0.4, 0.5) is 0 Å². The largest absolute Gasteiger partial charge is 0.327 e. The van der Waals surface area contributed by atoms with Crippen LogP contribution in [0.5, 0.6) is 0 Å². The van der Waals surface area contributed by atoms with Crippen molar-refractivity contribution in [1.82, 2.24) is 19.7 Å². The average molecular weight is 308 g/mol. The second kappa shape index (κ2) is 5.65. The summed E-state index contributed by atoms with van der Waals surface area (Å²) in [5, 5.41) is 4.60. The summed E-state index contributed by atoms with van der Waals surface area (Å²) < 4.78 is 1.98. The van der Waals surface area contributed by atoms with Crippen LogP contribution >= 0.6 is 0 Å². The number of hydrogen-bond donors (Lipinski definition) is 0. The minimum absolute atomic E-state index is 0.0309. The molecular weight excluding hydrogens is 288 g/mol. The van der Waals surface area contributed by atoms with Gasteiger partial charge in [0.25, 0.3) is 0 Å². The average Bonchev–Trinajstić information content (AvgIpc) is 3.33. The maximum Gasteiger partial charge on any atom is 0.247 e. The molecule has 1 amide bonds. The highest BCUT2D eigenvalue weighted by Crippen LogP contribution is 2.39. The van der Waals surface area contributed by atoms with Gasteiger partial charge >= 0.3 is 0 Å². The molecule has 23 heavy (non-hydrogen) atoms. The van der Waals surface area contributed by atoms with Gasteiger partial charge in [0.1, 0.15) is 5.82 Å². The van der Waals surface area contributed by atoms with Gasteiger partial charge in [-0.3, -0.25) is 4.79 Å². The minimum atomic E-state index is -0.0309. The van der Waals surface area contributed by atoms with Crippen molar-refractivity contribution in [2.75, 3.05) is 6.54 Å². The molecule has 2 aliphatic rings. The summed E-state index contributed by atoms with van der Waals surface area (Å²) in [7, 11) is 0. The van der Waals surface area contributed by atoms with Gasteiger partial charge < -0.3 is 4.90 Å². The zero-order valence-corrected chi connectivity index (χ0v) is 13.2. The van der Waals surface area contributed by atoms with Crippen molar-refractivity contribution in [2.24, 2.45) is 0 Å². The fraction of sp³-hybridized carbons (Fsp3) is 0.389. The lowest BCUT2D eigenvalue weighted by molar-refractivity contribution is -0.129. The van der Waals surface area contributed by atoms with Gasteiger partial charge in [-0.2, -0.15) is 5.10 Å². The first kappa shape index (κ1) is 14.2. The van der Waals surface area contributed by atoms with Crippen molar-refractivity contribution < 1.29 is 4.79 Å². The predicted octanol–water partition coefficient (Wildman–Crippen LogP) is 2.77. The number of benzene rings is 1. The second-order valence-electron chi connectivity index (χ2n) is 6.28. The highest BCUT2D eigenvalue weighted by molar-refractivity contribution is 5.92. The Morgan fingerprint density at radius 1 is 1.22 bits per heavy atom. The van der Waals surface area contributed by atoms with Crippen LogP contribution in [0.2, 0.25) is 0 Å². The second-order valence-corrected chi connectivity index (χ2v) is 6.28. The Balaban J connectivity index is 1.51. The lowest BCUT2D eigenvalue weighted by Gasteiger charge is -2.32. The Kier molecular flexibility index (Phi) is 3.48. The van der Waals surface area contributed by atoms with E-state index in [2.05, 4.69) is 10.1 Å². The standard InChI is InChI=1S/C18H20N4O/c1-13-18-19-17(15-8-9-15)20-22(18)12-11-21(13)16(23)10-7-14-5-3-2-4-6-14/h2-7,10,13,15H,8-9,11-12H2,1H3/b10-7+/t13-/m1/s1. The van der Waals surface area contributed by atoms with Gasteiger partial charge in [-0.15, -0.1) is 0 Å². The molecule has 1 atom stereocenters. The molecule has 0 spiro atoms. The van der Waals surface area contributed by atoms with E-state index in [0.29, 0.717) is 12.5 Å². The smallest absolute Gasteiger partial charge is 0.247 e. The van der Waals surface area contributed by atoms with Gasteiger partial charge in [0.15, 0.2) is 5.82 Å². The third kappa shape index (κ3) is 2.79. The number of hydrogen-bond acceptors (Lipinski definition) is 3. The number of nitrogens with zero attached hydrogens (tertiary/aromatic N) is 4. The Morgan fingerprint density at radius 2 is 2.00 bits per heavy atom. The fourth-order valence-electron chi connectivity index (χ4n) is 3.02. The van der Waals surface area contributed by atoms with Gasteiger partial charge in [0, 0.05) is 18.5 Å². The van der Waals surface area contributed by atoms with E-state index in [0.717, 1.165) is 23.8 Å². The molecule has 1 aliphatic heterocycles. The quantitative estimate of drug-likeness (QED) is 0.819. The molecule has 0 unspecified atom stereocenters. The molecular formula is C18H20N4O. The normalized spacial score (nSPS) is 20.7.